The Hall–Kier alpha value is -2.32. The Morgan fingerprint density at radius 2 is 0.718 bits per heavy atom. The highest BCUT2D eigenvalue weighted by atomic mass is 31.2. The molecule has 0 fully saturated rings. The van der Waals surface area contributed by atoms with Crippen molar-refractivity contribution in [2.45, 2.75) is 353 Å². The number of nitrogens with one attached hydrogen (secondary N) is 1. The molecule has 0 aliphatic rings. The molecule has 0 saturated carbocycles. The number of allylic oxidation sites excluding steroid dienone is 13. The first kappa shape index (κ1) is 82.7. The van der Waals surface area contributed by atoms with Gasteiger partial charge in [0.15, 0.2) is 0 Å². The quantitative estimate of drug-likeness (QED) is 0.0272. The number of hydrogen-bond donors (Lipinski definition) is 2. The summed E-state index contributed by atoms with van der Waals surface area (Å²) >= 11 is 0. The summed E-state index contributed by atoms with van der Waals surface area (Å²) in [5.74, 6) is -0.198. The third-order valence-electron chi connectivity index (χ3n) is 16.4. The first-order chi connectivity index (χ1) is 41.5. The van der Waals surface area contributed by atoms with Crippen molar-refractivity contribution in [3.63, 3.8) is 0 Å². The lowest BCUT2D eigenvalue weighted by atomic mass is 10.0. The van der Waals surface area contributed by atoms with Gasteiger partial charge in [-0.3, -0.25) is 9.36 Å². The van der Waals surface area contributed by atoms with Gasteiger partial charge in [-0.1, -0.05) is 349 Å². The van der Waals surface area contributed by atoms with Crippen LogP contribution < -0.4 is 10.2 Å². The maximum atomic E-state index is 13.1. The van der Waals surface area contributed by atoms with Gasteiger partial charge in [0.1, 0.15) is 13.2 Å². The Morgan fingerprint density at radius 3 is 1.05 bits per heavy atom. The summed E-state index contributed by atoms with van der Waals surface area (Å²) in [5, 5.41) is 14.0. The predicted octanol–water partition coefficient (Wildman–Crippen LogP) is 22.9. The average molecular weight is 1210 g/mol. The molecule has 0 radical (unpaired) electrons. The number of carbonyl (C=O) groups excluding carboxylic acids is 1. The molecule has 0 rings (SSSR count). The molecule has 0 aromatic rings. The lowest BCUT2D eigenvalue weighted by molar-refractivity contribution is -0.870. The zero-order chi connectivity index (χ0) is 61.9. The fraction of sp³-hybridized carbons (Fsp3) is 0.803. The van der Waals surface area contributed by atoms with E-state index in [2.05, 4.69) is 92.1 Å². The van der Waals surface area contributed by atoms with E-state index in [1.54, 1.807) is 6.08 Å². The molecule has 3 atom stereocenters. The van der Waals surface area contributed by atoms with Crippen molar-refractivity contribution in [3.8, 4) is 0 Å². The van der Waals surface area contributed by atoms with Crippen LogP contribution in [0.1, 0.15) is 341 Å². The summed E-state index contributed by atoms with van der Waals surface area (Å²) in [6, 6.07) is -0.894. The number of likely N-dealkylation sites (N-methyl/N-ethyl adjacent to an activating group) is 1. The Bertz CT molecular complexity index is 1660. The monoisotopic (exact) mass is 1210 g/mol. The zero-order valence-electron chi connectivity index (χ0n) is 56.8. The number of quaternary nitrogens is 1. The van der Waals surface area contributed by atoms with E-state index in [0.29, 0.717) is 17.4 Å². The number of phosphoric ester groups is 1. The fourth-order valence-corrected chi connectivity index (χ4v) is 11.5. The van der Waals surface area contributed by atoms with E-state index in [9.17, 15) is 19.4 Å². The first-order valence-corrected chi connectivity index (χ1v) is 37.9. The molecule has 0 bridgehead atoms. The zero-order valence-corrected chi connectivity index (χ0v) is 57.7. The first-order valence-electron chi connectivity index (χ1n) is 36.4. The Balaban J connectivity index is 4.06. The maximum absolute atomic E-state index is 13.1. The largest absolute Gasteiger partial charge is 0.756 e. The van der Waals surface area contributed by atoms with E-state index in [0.717, 1.165) is 77.0 Å². The van der Waals surface area contributed by atoms with Gasteiger partial charge in [-0.15, -0.1) is 0 Å². The number of hydrogen-bond acceptors (Lipinski definition) is 6. The van der Waals surface area contributed by atoms with Crippen LogP contribution in [0.3, 0.4) is 0 Å². The summed E-state index contributed by atoms with van der Waals surface area (Å²) in [5.41, 5.74) is 0. The fourth-order valence-electron chi connectivity index (χ4n) is 10.7. The lowest BCUT2D eigenvalue weighted by Crippen LogP contribution is -2.45. The molecule has 3 unspecified atom stereocenters. The number of amides is 1. The van der Waals surface area contributed by atoms with Crippen LogP contribution in [-0.4, -0.2) is 68.5 Å². The van der Waals surface area contributed by atoms with Crippen molar-refractivity contribution in [3.05, 3.63) is 85.1 Å². The molecule has 8 nitrogen and oxygen atoms in total. The molecule has 0 aliphatic heterocycles. The Morgan fingerprint density at radius 1 is 0.424 bits per heavy atom. The molecule has 2 N–H and O–H groups in total. The van der Waals surface area contributed by atoms with Gasteiger partial charge in [0, 0.05) is 6.42 Å². The minimum Gasteiger partial charge on any atom is -0.756 e. The van der Waals surface area contributed by atoms with Gasteiger partial charge in [-0.2, -0.15) is 0 Å². The van der Waals surface area contributed by atoms with Crippen LogP contribution in [0.25, 0.3) is 0 Å². The highest BCUT2D eigenvalue weighted by Crippen LogP contribution is 2.38. The van der Waals surface area contributed by atoms with E-state index in [1.807, 2.05) is 27.2 Å². The molecular weight excluding hydrogens is 1070 g/mol. The summed E-state index contributed by atoms with van der Waals surface area (Å²) in [6.07, 6.45) is 94.3. The Kier molecular flexibility index (Phi) is 64.3. The van der Waals surface area contributed by atoms with Crippen molar-refractivity contribution in [1.82, 2.24) is 5.32 Å². The predicted molar refractivity (Wildman–Crippen MR) is 371 cm³/mol. The van der Waals surface area contributed by atoms with Gasteiger partial charge >= 0.3 is 0 Å². The van der Waals surface area contributed by atoms with Crippen LogP contribution in [0.4, 0.5) is 0 Å². The molecule has 1 amide bonds. The number of aliphatic hydroxyl groups excluding tert-OH is 1. The molecular formula is C76H141N2O6P. The summed E-state index contributed by atoms with van der Waals surface area (Å²) in [6.45, 7) is 4.57. The molecule has 85 heavy (non-hydrogen) atoms. The highest BCUT2D eigenvalue weighted by molar-refractivity contribution is 7.45. The smallest absolute Gasteiger partial charge is 0.268 e. The van der Waals surface area contributed by atoms with Crippen molar-refractivity contribution in [2.75, 3.05) is 40.9 Å². The van der Waals surface area contributed by atoms with E-state index < -0.39 is 20.0 Å². The van der Waals surface area contributed by atoms with Crippen molar-refractivity contribution < 1.29 is 32.9 Å². The summed E-state index contributed by atoms with van der Waals surface area (Å²) in [4.78, 5) is 25.7. The van der Waals surface area contributed by atoms with Crippen LogP contribution in [0.2, 0.25) is 0 Å². The highest BCUT2D eigenvalue weighted by Gasteiger charge is 2.23. The molecule has 0 spiro atoms. The summed E-state index contributed by atoms with van der Waals surface area (Å²) < 4.78 is 23.5. The molecule has 0 aliphatic carbocycles. The maximum Gasteiger partial charge on any atom is 0.268 e. The van der Waals surface area contributed by atoms with Gasteiger partial charge in [0.2, 0.25) is 5.91 Å². The number of phosphoric acid groups is 1. The third kappa shape index (κ3) is 69.0. The van der Waals surface area contributed by atoms with Gasteiger partial charge < -0.3 is 28.8 Å². The molecule has 496 valence electrons. The van der Waals surface area contributed by atoms with Gasteiger partial charge in [0.05, 0.1) is 39.9 Å². The Labute approximate surface area is 528 Å². The van der Waals surface area contributed by atoms with Crippen molar-refractivity contribution >= 4 is 13.7 Å². The third-order valence-corrected chi connectivity index (χ3v) is 17.3. The van der Waals surface area contributed by atoms with E-state index in [4.69, 9.17) is 9.05 Å². The normalized spacial score (nSPS) is 14.1. The molecule has 0 aromatic carbocycles. The topological polar surface area (TPSA) is 108 Å². The summed E-state index contributed by atoms with van der Waals surface area (Å²) in [7, 11) is 1.26. The second kappa shape index (κ2) is 66.1. The van der Waals surface area contributed by atoms with Crippen LogP contribution in [0, 0.1) is 0 Å². The van der Waals surface area contributed by atoms with Gasteiger partial charge in [0.25, 0.3) is 7.82 Å². The minimum atomic E-state index is -4.61. The van der Waals surface area contributed by atoms with Gasteiger partial charge in [-0.05, 0) is 70.6 Å². The van der Waals surface area contributed by atoms with Crippen LogP contribution in [-0.2, 0) is 18.4 Å². The number of carbonyl (C=O) groups is 1. The molecule has 0 saturated heterocycles. The standard InChI is InChI=1S/C76H141N2O6P/c1-6-8-10-12-14-16-18-20-22-24-26-28-30-32-34-36-38-40-41-43-45-47-49-51-53-55-57-59-61-63-65-67-69-75(79)74(73-84-85(81,82)83-72-71-78(3,4)5)77-76(80)70-68-66-64-62-60-58-56-54-52-50-48-46-44-42-39-37-35-33-31-29-27-25-23-21-19-17-15-13-11-9-7-2/h9,11,15,17,21,23,27,29,33,35,39,42,67,69,74-75,79H,6-8,10,12-14,16,18-20,22,24-26,28,30-32,34,36-38,40-41,43-66,68,70-73H2,1-5H3,(H-,77,80,81,82)/b11-9-,17-15-,23-21-,29-27-,35-33-,42-39-,69-67+. The van der Waals surface area contributed by atoms with Gasteiger partial charge in [-0.25, -0.2) is 0 Å². The van der Waals surface area contributed by atoms with Crippen LogP contribution in [0.15, 0.2) is 85.1 Å². The second-order valence-corrected chi connectivity index (χ2v) is 27.3. The average Bonchev–Trinajstić information content (AvgIpc) is 3.49. The molecule has 0 aromatic heterocycles. The molecule has 0 heterocycles. The molecule has 9 heteroatoms. The van der Waals surface area contributed by atoms with Crippen molar-refractivity contribution in [2.24, 2.45) is 0 Å². The minimum absolute atomic E-state index is 0.00367. The second-order valence-electron chi connectivity index (χ2n) is 25.9. The van der Waals surface area contributed by atoms with Crippen LogP contribution >= 0.6 is 7.82 Å². The number of aliphatic hydroxyl groups is 1. The number of unbranched alkanes of at least 4 members (excludes halogenated alkanes) is 42. The van der Waals surface area contributed by atoms with Crippen molar-refractivity contribution in [1.29, 1.82) is 0 Å². The van der Waals surface area contributed by atoms with E-state index >= 15 is 0 Å². The SMILES string of the molecule is CC/C=C\C/C=C\C/C=C\C/C=C\C/C=C\C/C=C\CCCCCCCCCCCCCCC(=O)NC(COP(=O)([O-])OCC[N+](C)(C)C)C(O)/C=C/CCCCCCCCCCCCCCCCCCCCCCCCCCCCCCCC. The number of rotatable bonds is 67. The lowest BCUT2D eigenvalue weighted by Gasteiger charge is -2.29. The van der Waals surface area contributed by atoms with E-state index in [1.165, 1.54) is 244 Å². The van der Waals surface area contributed by atoms with Crippen LogP contribution in [0.5, 0.6) is 0 Å². The van der Waals surface area contributed by atoms with E-state index in [-0.39, 0.29) is 19.1 Å². The number of nitrogens with zero attached hydrogens (tertiary/aromatic N) is 1.